The number of benzene rings is 9. The molecule has 2 aliphatic rings. The molecule has 0 N–H and O–H groups in total. The van der Waals surface area contributed by atoms with E-state index in [2.05, 4.69) is 234 Å². The smallest absolute Gasteiger partial charge is 0.260 e. The molecule has 9 aromatic rings. The molecule has 59 heavy (non-hydrogen) atoms. The Morgan fingerprint density at radius 2 is 0.627 bits per heavy atom. The molecule has 0 saturated heterocycles. The maximum Gasteiger partial charge on any atom is 0.260 e. The lowest BCUT2D eigenvalue weighted by atomic mass is 9.34. The molecule has 4 nitrogen and oxygen atoms in total. The van der Waals surface area contributed by atoms with Gasteiger partial charge in [0.15, 0.2) is 0 Å². The van der Waals surface area contributed by atoms with Crippen LogP contribution in [0.2, 0.25) is 0 Å². The third kappa shape index (κ3) is 6.12. The van der Waals surface area contributed by atoms with E-state index >= 15 is 0 Å². The number of hydrogen-bond donors (Lipinski definition) is 0. The molecule has 5 heteroatoms. The lowest BCUT2D eigenvalue weighted by molar-refractivity contribution is 0.467. The summed E-state index contributed by atoms with van der Waals surface area (Å²) in [5.41, 5.74) is 13.7. The highest BCUT2D eigenvalue weighted by atomic mass is 16.5. The Hall–Kier alpha value is -7.76. The van der Waals surface area contributed by atoms with E-state index in [1.165, 1.54) is 0 Å². The van der Waals surface area contributed by atoms with Gasteiger partial charge in [-0.2, -0.15) is 0 Å². The van der Waals surface area contributed by atoms with Crippen molar-refractivity contribution in [3.63, 3.8) is 0 Å². The highest BCUT2D eigenvalue weighted by Crippen LogP contribution is 2.48. The third-order valence-electron chi connectivity index (χ3n) is 11.3. The molecule has 0 atom stereocenters. The van der Waals surface area contributed by atoms with Crippen molar-refractivity contribution in [3.05, 3.63) is 224 Å². The molecular formula is C54H37BN2O2. The highest BCUT2D eigenvalue weighted by Gasteiger charge is 2.43. The molecule has 0 aromatic heterocycles. The minimum atomic E-state index is -0.162. The fourth-order valence-electron chi connectivity index (χ4n) is 8.69. The zero-order valence-corrected chi connectivity index (χ0v) is 32.2. The maximum absolute atomic E-state index is 7.24. The van der Waals surface area contributed by atoms with Crippen molar-refractivity contribution in [3.8, 4) is 45.3 Å². The van der Waals surface area contributed by atoms with E-state index in [1.807, 2.05) is 0 Å². The molecule has 2 aliphatic heterocycles. The maximum atomic E-state index is 7.24. The summed E-state index contributed by atoms with van der Waals surface area (Å²) in [5, 5.41) is 0. The largest absolute Gasteiger partial charge is 0.458 e. The molecule has 278 valence electrons. The first-order chi connectivity index (χ1) is 29.3. The predicted octanol–water partition coefficient (Wildman–Crippen LogP) is 12.7. The second kappa shape index (κ2) is 14.6. The second-order valence-electron chi connectivity index (χ2n) is 14.9. The monoisotopic (exact) mass is 756 g/mol. The van der Waals surface area contributed by atoms with Crippen molar-refractivity contribution in [2.24, 2.45) is 0 Å². The molecule has 0 fully saturated rings. The normalized spacial score (nSPS) is 12.0. The third-order valence-corrected chi connectivity index (χ3v) is 11.3. The number of para-hydroxylation sites is 4. The molecule has 9 aromatic carbocycles. The standard InChI is InChI=1S/C54H37BN2O2/c1-7-19-38(20-8-1)46-37-47(39-21-9-2-10-22-39)54-52-53(46)58-50-35-44(56(40-23-11-3-12-24-40)41-25-13-4-14-26-41)31-33-48(50)55(52)49-34-32-45(36-51(49)59-54)57(42-27-15-5-16-28-42)43-29-17-6-18-30-43/h1-37H. The van der Waals surface area contributed by atoms with Crippen LogP contribution in [-0.4, -0.2) is 6.71 Å². The Kier molecular flexibility index (Phi) is 8.56. The van der Waals surface area contributed by atoms with Crippen molar-refractivity contribution in [2.75, 3.05) is 9.80 Å². The molecule has 0 unspecified atom stereocenters. The first-order valence-electron chi connectivity index (χ1n) is 20.0. The van der Waals surface area contributed by atoms with Gasteiger partial charge in [-0.1, -0.05) is 146 Å². The van der Waals surface area contributed by atoms with Crippen molar-refractivity contribution >= 4 is 57.2 Å². The van der Waals surface area contributed by atoms with Crippen LogP contribution in [0.15, 0.2) is 224 Å². The van der Waals surface area contributed by atoms with E-state index in [9.17, 15) is 0 Å². The van der Waals surface area contributed by atoms with Gasteiger partial charge in [0.25, 0.3) is 6.71 Å². The van der Waals surface area contributed by atoms with Crippen LogP contribution in [0.5, 0.6) is 23.0 Å². The number of anilines is 6. The molecule has 0 radical (unpaired) electrons. The van der Waals surface area contributed by atoms with Crippen molar-refractivity contribution in [2.45, 2.75) is 0 Å². The summed E-state index contributed by atoms with van der Waals surface area (Å²) in [4.78, 5) is 4.57. The highest BCUT2D eigenvalue weighted by molar-refractivity contribution is 6.98. The Bertz CT molecular complexity index is 2650. The van der Waals surface area contributed by atoms with E-state index in [-0.39, 0.29) is 6.71 Å². The first kappa shape index (κ1) is 34.5. The Morgan fingerprint density at radius 3 is 0.966 bits per heavy atom. The van der Waals surface area contributed by atoms with Crippen molar-refractivity contribution in [1.82, 2.24) is 0 Å². The van der Waals surface area contributed by atoms with Crippen LogP contribution in [0.25, 0.3) is 22.3 Å². The van der Waals surface area contributed by atoms with Crippen LogP contribution in [0.4, 0.5) is 34.1 Å². The molecule has 0 spiro atoms. The quantitative estimate of drug-likeness (QED) is 0.144. The van der Waals surface area contributed by atoms with Gasteiger partial charge in [-0.3, -0.25) is 0 Å². The van der Waals surface area contributed by atoms with Crippen LogP contribution < -0.4 is 35.7 Å². The van der Waals surface area contributed by atoms with Crippen molar-refractivity contribution < 1.29 is 9.47 Å². The second-order valence-corrected chi connectivity index (χ2v) is 14.9. The summed E-state index contributed by atoms with van der Waals surface area (Å²) in [6.45, 7) is -0.162. The zero-order valence-electron chi connectivity index (χ0n) is 32.2. The number of rotatable bonds is 8. The van der Waals surface area contributed by atoms with Gasteiger partial charge in [0.05, 0.1) is 0 Å². The lowest BCUT2D eigenvalue weighted by Crippen LogP contribution is -2.57. The van der Waals surface area contributed by atoms with Gasteiger partial charge in [0, 0.05) is 62.8 Å². The minimum absolute atomic E-state index is 0.162. The molecule has 0 amide bonds. The minimum Gasteiger partial charge on any atom is -0.458 e. The summed E-state index contributed by atoms with van der Waals surface area (Å²) in [7, 11) is 0. The van der Waals surface area contributed by atoms with Gasteiger partial charge in [0.2, 0.25) is 0 Å². The van der Waals surface area contributed by atoms with Gasteiger partial charge >= 0.3 is 0 Å². The predicted molar refractivity (Wildman–Crippen MR) is 244 cm³/mol. The Balaban J connectivity index is 1.15. The topological polar surface area (TPSA) is 24.9 Å². The van der Waals surface area contributed by atoms with Crippen LogP contribution in [0.3, 0.4) is 0 Å². The summed E-state index contributed by atoms with van der Waals surface area (Å²) < 4.78 is 14.5. The van der Waals surface area contributed by atoms with E-state index in [1.54, 1.807) is 0 Å². The van der Waals surface area contributed by atoms with Crippen LogP contribution in [-0.2, 0) is 0 Å². The summed E-state index contributed by atoms with van der Waals surface area (Å²) in [6.07, 6.45) is 0. The van der Waals surface area contributed by atoms with E-state index in [0.717, 1.165) is 95.8 Å². The zero-order chi connectivity index (χ0) is 39.1. The van der Waals surface area contributed by atoms with Crippen molar-refractivity contribution in [1.29, 1.82) is 0 Å². The van der Waals surface area contributed by atoms with E-state index < -0.39 is 0 Å². The fraction of sp³-hybridized carbons (Fsp3) is 0. The molecule has 11 rings (SSSR count). The summed E-state index contributed by atoms with van der Waals surface area (Å²) in [5.74, 6) is 3.27. The molecule has 0 saturated carbocycles. The van der Waals surface area contributed by atoms with Gasteiger partial charge in [-0.15, -0.1) is 0 Å². The SMILES string of the molecule is c1ccc(-c2cc(-c3ccccc3)c3c4c2Oc2cc(N(c5ccccc5)c5ccccc5)ccc2B4c2ccc(N(c4ccccc4)c4ccccc4)cc2O3)cc1. The first-order valence-corrected chi connectivity index (χ1v) is 20.0. The summed E-state index contributed by atoms with van der Waals surface area (Å²) in [6, 6.07) is 78.8. The number of hydrogen-bond acceptors (Lipinski definition) is 4. The Morgan fingerprint density at radius 1 is 0.305 bits per heavy atom. The fourth-order valence-corrected chi connectivity index (χ4v) is 8.69. The average molecular weight is 757 g/mol. The molecule has 2 heterocycles. The van der Waals surface area contributed by atoms with Crippen LogP contribution in [0.1, 0.15) is 0 Å². The van der Waals surface area contributed by atoms with E-state index in [4.69, 9.17) is 9.47 Å². The van der Waals surface area contributed by atoms with Gasteiger partial charge < -0.3 is 19.3 Å². The van der Waals surface area contributed by atoms with Gasteiger partial charge in [-0.25, -0.2) is 0 Å². The van der Waals surface area contributed by atoms with Gasteiger partial charge in [0.1, 0.15) is 23.0 Å². The molecular weight excluding hydrogens is 719 g/mol. The summed E-state index contributed by atoms with van der Waals surface area (Å²) >= 11 is 0. The number of nitrogens with zero attached hydrogens (tertiary/aromatic N) is 2. The van der Waals surface area contributed by atoms with Gasteiger partial charge in [-0.05, 0) is 88.8 Å². The van der Waals surface area contributed by atoms with Crippen LogP contribution >= 0.6 is 0 Å². The van der Waals surface area contributed by atoms with Crippen LogP contribution in [0, 0.1) is 0 Å². The lowest BCUT2D eigenvalue weighted by Gasteiger charge is -2.36. The molecule has 0 bridgehead atoms. The van der Waals surface area contributed by atoms with E-state index in [0.29, 0.717) is 0 Å². The number of fused-ring (bicyclic) bond motifs is 4. The average Bonchev–Trinajstić information content (AvgIpc) is 3.31. The molecule has 0 aliphatic carbocycles. The number of ether oxygens (including phenoxy) is 2. The Labute approximate surface area is 344 Å².